The molecule has 2 aromatic rings. The highest BCUT2D eigenvalue weighted by atomic mass is 79.9. The predicted molar refractivity (Wildman–Crippen MR) is 88.8 cm³/mol. The minimum atomic E-state index is -4.49. The van der Waals surface area contributed by atoms with Crippen LogP contribution in [0.1, 0.15) is 16.1 Å². The van der Waals surface area contributed by atoms with Crippen molar-refractivity contribution in [2.75, 3.05) is 31.1 Å². The van der Waals surface area contributed by atoms with Gasteiger partial charge in [-0.3, -0.25) is 4.79 Å². The molecule has 0 atom stereocenters. The van der Waals surface area contributed by atoms with Crippen molar-refractivity contribution < 1.29 is 22.4 Å². The van der Waals surface area contributed by atoms with Gasteiger partial charge in [0.15, 0.2) is 10.4 Å². The lowest BCUT2D eigenvalue weighted by atomic mass is 10.2. The second-order valence-electron chi connectivity index (χ2n) is 5.41. The Balaban J connectivity index is 1.67. The molecule has 5 nitrogen and oxygen atoms in total. The van der Waals surface area contributed by atoms with Crippen LogP contribution in [0.4, 0.5) is 19.0 Å². The van der Waals surface area contributed by atoms with Gasteiger partial charge in [-0.1, -0.05) is 11.6 Å². The first-order chi connectivity index (χ1) is 11.8. The molecule has 0 radical (unpaired) electrons. The maximum Gasteiger partial charge on any atom is 0.417 e. The molecule has 1 aliphatic rings. The lowest BCUT2D eigenvalue weighted by molar-refractivity contribution is -0.137. The van der Waals surface area contributed by atoms with E-state index in [9.17, 15) is 18.0 Å². The van der Waals surface area contributed by atoms with Crippen LogP contribution in [0.25, 0.3) is 0 Å². The number of hydrogen-bond acceptors (Lipinski definition) is 4. The molecule has 2 aromatic heterocycles. The minimum Gasteiger partial charge on any atom is -0.444 e. The molecule has 1 fully saturated rings. The van der Waals surface area contributed by atoms with Gasteiger partial charge in [0.05, 0.1) is 10.6 Å². The Hall–Kier alpha value is -1.74. The van der Waals surface area contributed by atoms with Gasteiger partial charge in [0.1, 0.15) is 5.82 Å². The van der Waals surface area contributed by atoms with Gasteiger partial charge in [-0.25, -0.2) is 4.98 Å². The Morgan fingerprint density at radius 1 is 1.24 bits per heavy atom. The number of carbonyl (C=O) groups is 1. The molecule has 0 unspecified atom stereocenters. The number of hydrogen-bond donors (Lipinski definition) is 0. The number of pyridine rings is 1. The van der Waals surface area contributed by atoms with Gasteiger partial charge in [-0.2, -0.15) is 13.2 Å². The third-order valence-corrected chi connectivity index (χ3v) is 4.50. The summed E-state index contributed by atoms with van der Waals surface area (Å²) in [6.45, 7) is 1.59. The summed E-state index contributed by atoms with van der Waals surface area (Å²) >= 11 is 9.11. The first-order valence-corrected chi connectivity index (χ1v) is 8.45. The topological polar surface area (TPSA) is 49.6 Å². The summed E-state index contributed by atoms with van der Waals surface area (Å²) in [4.78, 5) is 19.5. The SMILES string of the molecule is O=C(c1ccc(Br)o1)N1CCN(c2ncc(C(F)(F)F)cc2Cl)CC1. The lowest BCUT2D eigenvalue weighted by Crippen LogP contribution is -2.49. The molecule has 1 saturated heterocycles. The molecular weight excluding hydrogens is 427 g/mol. The number of furan rings is 1. The van der Waals surface area contributed by atoms with Gasteiger partial charge in [-0.15, -0.1) is 0 Å². The molecular formula is C15H12BrClF3N3O2. The van der Waals surface area contributed by atoms with Gasteiger partial charge in [0.25, 0.3) is 5.91 Å². The summed E-state index contributed by atoms with van der Waals surface area (Å²) in [5, 5.41) is -0.0652. The maximum absolute atomic E-state index is 12.7. The highest BCUT2D eigenvalue weighted by molar-refractivity contribution is 9.10. The molecule has 3 rings (SSSR count). The Morgan fingerprint density at radius 3 is 2.44 bits per heavy atom. The summed E-state index contributed by atoms with van der Waals surface area (Å²) in [7, 11) is 0. The molecule has 1 amide bonds. The Labute approximate surface area is 154 Å². The van der Waals surface area contributed by atoms with Gasteiger partial charge in [0, 0.05) is 32.4 Å². The van der Waals surface area contributed by atoms with Crippen molar-refractivity contribution in [1.82, 2.24) is 9.88 Å². The van der Waals surface area contributed by atoms with Gasteiger partial charge < -0.3 is 14.2 Å². The first-order valence-electron chi connectivity index (χ1n) is 7.28. The van der Waals surface area contributed by atoms with E-state index in [-0.39, 0.29) is 22.5 Å². The van der Waals surface area contributed by atoms with E-state index in [1.165, 1.54) is 0 Å². The molecule has 1 aliphatic heterocycles. The van der Waals surface area contributed by atoms with Gasteiger partial charge in [-0.05, 0) is 34.1 Å². The number of amides is 1. The number of anilines is 1. The van der Waals surface area contributed by atoms with E-state index >= 15 is 0 Å². The van der Waals surface area contributed by atoms with Crippen LogP contribution in [0.15, 0.2) is 33.5 Å². The summed E-state index contributed by atoms with van der Waals surface area (Å²) in [6.07, 6.45) is -3.73. The fourth-order valence-corrected chi connectivity index (χ4v) is 3.12. The molecule has 3 heterocycles. The number of rotatable bonds is 2. The van der Waals surface area contributed by atoms with E-state index in [0.717, 1.165) is 12.3 Å². The fourth-order valence-electron chi connectivity index (χ4n) is 2.52. The van der Waals surface area contributed by atoms with E-state index in [0.29, 0.717) is 30.8 Å². The fraction of sp³-hybridized carbons (Fsp3) is 0.333. The molecule has 0 spiro atoms. The van der Waals surface area contributed by atoms with Crippen LogP contribution in [0, 0.1) is 0 Å². The average molecular weight is 439 g/mol. The van der Waals surface area contributed by atoms with Crippen LogP contribution in [0.5, 0.6) is 0 Å². The molecule has 0 bridgehead atoms. The number of alkyl halides is 3. The summed E-state index contributed by atoms with van der Waals surface area (Å²) < 4.78 is 43.7. The normalized spacial score (nSPS) is 15.6. The third-order valence-electron chi connectivity index (χ3n) is 3.80. The van der Waals surface area contributed by atoms with Crippen LogP contribution >= 0.6 is 27.5 Å². The molecule has 134 valence electrons. The van der Waals surface area contributed by atoms with Crippen molar-refractivity contribution in [3.8, 4) is 0 Å². The third kappa shape index (κ3) is 3.92. The smallest absolute Gasteiger partial charge is 0.417 e. The van der Waals surface area contributed by atoms with E-state index < -0.39 is 11.7 Å². The van der Waals surface area contributed by atoms with Crippen LogP contribution in [0.2, 0.25) is 5.02 Å². The zero-order chi connectivity index (χ0) is 18.2. The Morgan fingerprint density at radius 2 is 1.92 bits per heavy atom. The second kappa shape index (κ2) is 6.87. The van der Waals surface area contributed by atoms with Crippen molar-refractivity contribution in [3.63, 3.8) is 0 Å². The zero-order valence-electron chi connectivity index (χ0n) is 12.7. The van der Waals surface area contributed by atoms with Gasteiger partial charge >= 0.3 is 6.18 Å². The van der Waals surface area contributed by atoms with Crippen LogP contribution in [0.3, 0.4) is 0 Å². The van der Waals surface area contributed by atoms with Gasteiger partial charge in [0.2, 0.25) is 0 Å². The second-order valence-corrected chi connectivity index (χ2v) is 6.60. The monoisotopic (exact) mass is 437 g/mol. The molecule has 0 N–H and O–H groups in total. The standard InChI is InChI=1S/C15H12BrClF3N3O2/c16-12-2-1-11(25-12)14(24)23-5-3-22(4-6-23)13-10(17)7-9(8-21-13)15(18,19)20/h1-2,7-8H,3-6H2. The molecule has 0 aliphatic carbocycles. The van der Waals surface area contributed by atoms with E-state index in [1.54, 1.807) is 21.9 Å². The summed E-state index contributed by atoms with van der Waals surface area (Å²) in [6, 6.07) is 4.07. The van der Waals surface area contributed by atoms with E-state index in [4.69, 9.17) is 16.0 Å². The van der Waals surface area contributed by atoms with Crippen molar-refractivity contribution in [1.29, 1.82) is 0 Å². The van der Waals surface area contributed by atoms with Crippen molar-refractivity contribution >= 4 is 39.3 Å². The highest BCUT2D eigenvalue weighted by Gasteiger charge is 2.32. The number of halogens is 5. The van der Waals surface area contributed by atoms with Crippen molar-refractivity contribution in [2.45, 2.75) is 6.18 Å². The van der Waals surface area contributed by atoms with Crippen molar-refractivity contribution in [2.24, 2.45) is 0 Å². The lowest BCUT2D eigenvalue weighted by Gasteiger charge is -2.35. The number of piperazine rings is 1. The molecule has 0 saturated carbocycles. The quantitative estimate of drug-likeness (QED) is 0.709. The first kappa shape index (κ1) is 18.1. The van der Waals surface area contributed by atoms with Crippen molar-refractivity contribution in [3.05, 3.63) is 45.4 Å². The molecule has 25 heavy (non-hydrogen) atoms. The minimum absolute atomic E-state index is 0.0652. The highest BCUT2D eigenvalue weighted by Crippen LogP contribution is 2.33. The Bertz CT molecular complexity index is 789. The van der Waals surface area contributed by atoms with Crippen LogP contribution in [-0.4, -0.2) is 42.0 Å². The van der Waals surface area contributed by atoms with Crippen LogP contribution < -0.4 is 4.90 Å². The molecule has 10 heteroatoms. The van der Waals surface area contributed by atoms with Crippen LogP contribution in [-0.2, 0) is 6.18 Å². The summed E-state index contributed by atoms with van der Waals surface area (Å²) in [5.74, 6) is 0.269. The van der Waals surface area contributed by atoms with E-state index in [1.807, 2.05) is 0 Å². The summed E-state index contributed by atoms with van der Waals surface area (Å²) in [5.41, 5.74) is -0.890. The number of aromatic nitrogens is 1. The number of carbonyl (C=O) groups excluding carboxylic acids is 1. The average Bonchev–Trinajstić information content (AvgIpc) is 3.00. The van der Waals surface area contributed by atoms with E-state index in [2.05, 4.69) is 20.9 Å². The predicted octanol–water partition coefficient (Wildman–Crippen LogP) is 4.07. The number of nitrogens with zero attached hydrogens (tertiary/aromatic N) is 3. The maximum atomic E-state index is 12.7. The Kier molecular flexibility index (Phi) is 4.97. The largest absolute Gasteiger partial charge is 0.444 e. The molecule has 0 aromatic carbocycles. The zero-order valence-corrected chi connectivity index (χ0v) is 15.0.